The molecule has 12 heteroatoms. The summed E-state index contributed by atoms with van der Waals surface area (Å²) < 4.78 is 23.0. The minimum absolute atomic E-state index is 0.0527. The van der Waals surface area contributed by atoms with Gasteiger partial charge in [-0.05, 0) is 25.9 Å². The SMILES string of the molecule is OC(CN(C[C@H](O)[C@H](O)C1OC(c2ccccc2)OCC1O)C1CCNCC1)C(O)C1OC(c2ccccc2)OCC1O. The molecule has 2 aromatic carbocycles. The van der Waals surface area contributed by atoms with Gasteiger partial charge in [0.1, 0.15) is 36.6 Å². The fourth-order valence-corrected chi connectivity index (χ4v) is 5.97. The lowest BCUT2D eigenvalue weighted by Crippen LogP contribution is -2.58. The molecule has 3 aliphatic heterocycles. The number of hydrogen-bond acceptors (Lipinski definition) is 12. The Kier molecular flexibility index (Phi) is 11.5. The number of hydrogen-bond donors (Lipinski definition) is 7. The van der Waals surface area contributed by atoms with Crippen LogP contribution in [0.3, 0.4) is 0 Å². The lowest BCUT2D eigenvalue weighted by molar-refractivity contribution is -0.285. The van der Waals surface area contributed by atoms with Crippen LogP contribution in [0.15, 0.2) is 60.7 Å². The molecule has 238 valence electrons. The Morgan fingerprint density at radius 2 is 1.09 bits per heavy atom. The van der Waals surface area contributed by atoms with Gasteiger partial charge in [0, 0.05) is 30.3 Å². The molecule has 0 aliphatic carbocycles. The standard InChI is InChI=1S/C31H44N2O10/c34-22(26(38)28-24(36)17-40-30(42-28)19-7-3-1-4-8-19)15-33(21-11-13-32-14-12-21)16-23(35)27(39)29-25(37)18-41-31(43-29)20-9-5-2-6-10-20/h1-10,21-32,34-39H,11-18H2/t22-,23?,24?,25?,26-,27?,28?,29?,30?,31?/m0/s1. The maximum absolute atomic E-state index is 11.2. The minimum Gasteiger partial charge on any atom is -0.389 e. The first-order valence-corrected chi connectivity index (χ1v) is 15.0. The van der Waals surface area contributed by atoms with Crippen LogP contribution in [0.2, 0.25) is 0 Å². The van der Waals surface area contributed by atoms with Crippen LogP contribution in [0.4, 0.5) is 0 Å². The van der Waals surface area contributed by atoms with Crippen molar-refractivity contribution in [2.24, 2.45) is 0 Å². The Morgan fingerprint density at radius 3 is 1.51 bits per heavy atom. The molecule has 2 aromatic rings. The number of benzene rings is 2. The van der Waals surface area contributed by atoms with Crippen LogP contribution >= 0.6 is 0 Å². The van der Waals surface area contributed by atoms with Crippen molar-refractivity contribution in [3.05, 3.63) is 71.8 Å². The third-order valence-corrected chi connectivity index (χ3v) is 8.43. The topological polar surface area (TPSA) is 174 Å². The second-order valence-corrected chi connectivity index (χ2v) is 11.5. The van der Waals surface area contributed by atoms with E-state index in [4.69, 9.17) is 18.9 Å². The lowest BCUT2D eigenvalue weighted by Gasteiger charge is -2.42. The second kappa shape index (κ2) is 15.3. The van der Waals surface area contributed by atoms with Crippen molar-refractivity contribution in [3.8, 4) is 0 Å². The Balaban J connectivity index is 1.24. The molecule has 3 aliphatic rings. The van der Waals surface area contributed by atoms with Crippen LogP contribution in [-0.4, -0.2) is 130 Å². The molecule has 0 saturated carbocycles. The maximum atomic E-state index is 11.2. The highest BCUT2D eigenvalue weighted by molar-refractivity contribution is 5.17. The summed E-state index contributed by atoms with van der Waals surface area (Å²) in [5.41, 5.74) is 1.45. The smallest absolute Gasteiger partial charge is 0.184 e. The van der Waals surface area contributed by atoms with Crippen LogP contribution in [0.1, 0.15) is 36.5 Å². The predicted octanol–water partition coefficient (Wildman–Crippen LogP) is -0.566. The van der Waals surface area contributed by atoms with E-state index in [0.29, 0.717) is 0 Å². The third-order valence-electron chi connectivity index (χ3n) is 8.43. The van der Waals surface area contributed by atoms with Crippen LogP contribution in [0, 0.1) is 0 Å². The summed E-state index contributed by atoms with van der Waals surface area (Å²) in [6.07, 6.45) is -10.3. The molecule has 0 spiro atoms. The molecule has 43 heavy (non-hydrogen) atoms. The highest BCUT2D eigenvalue weighted by Crippen LogP contribution is 2.31. The van der Waals surface area contributed by atoms with Gasteiger partial charge in [0.15, 0.2) is 12.6 Å². The van der Waals surface area contributed by atoms with Gasteiger partial charge < -0.3 is 54.9 Å². The van der Waals surface area contributed by atoms with E-state index >= 15 is 0 Å². The van der Waals surface area contributed by atoms with Crippen molar-refractivity contribution in [2.75, 3.05) is 39.4 Å². The quantitative estimate of drug-likeness (QED) is 0.174. The van der Waals surface area contributed by atoms with Gasteiger partial charge in [-0.2, -0.15) is 0 Å². The van der Waals surface area contributed by atoms with E-state index in [1.807, 2.05) is 65.6 Å². The van der Waals surface area contributed by atoms with Gasteiger partial charge in [-0.25, -0.2) is 0 Å². The average molecular weight is 605 g/mol. The molecule has 0 radical (unpaired) electrons. The summed E-state index contributed by atoms with van der Waals surface area (Å²) in [4.78, 5) is 1.84. The monoisotopic (exact) mass is 604 g/mol. The number of piperidine rings is 1. The predicted molar refractivity (Wildman–Crippen MR) is 154 cm³/mol. The fourth-order valence-electron chi connectivity index (χ4n) is 5.97. The molecule has 0 amide bonds. The molecule has 7 N–H and O–H groups in total. The first-order chi connectivity index (χ1) is 20.8. The number of aliphatic hydroxyl groups is 6. The van der Waals surface area contributed by atoms with Gasteiger partial charge in [0.2, 0.25) is 0 Å². The summed E-state index contributed by atoms with van der Waals surface area (Å²) in [5, 5.41) is 69.1. The molecule has 5 rings (SSSR count). The summed E-state index contributed by atoms with van der Waals surface area (Å²) in [6, 6.07) is 18.2. The van der Waals surface area contributed by atoms with E-state index in [-0.39, 0.29) is 32.3 Å². The van der Waals surface area contributed by atoms with E-state index < -0.39 is 61.4 Å². The molecule has 3 saturated heterocycles. The van der Waals surface area contributed by atoms with Crippen molar-refractivity contribution < 1.29 is 49.6 Å². The van der Waals surface area contributed by atoms with Crippen molar-refractivity contribution in [1.82, 2.24) is 10.2 Å². The molecular formula is C31H44N2O10. The maximum Gasteiger partial charge on any atom is 0.184 e. The first-order valence-electron chi connectivity index (χ1n) is 15.0. The van der Waals surface area contributed by atoms with E-state index in [1.165, 1.54) is 0 Å². The fraction of sp³-hybridized carbons (Fsp3) is 0.613. The molecule has 8 unspecified atom stereocenters. The molecule has 12 nitrogen and oxygen atoms in total. The molecule has 3 heterocycles. The lowest BCUT2D eigenvalue weighted by atomic mass is 9.97. The molecule has 0 bridgehead atoms. The van der Waals surface area contributed by atoms with Crippen LogP contribution in [-0.2, 0) is 18.9 Å². The largest absolute Gasteiger partial charge is 0.389 e. The zero-order valence-electron chi connectivity index (χ0n) is 24.0. The normalized spacial score (nSPS) is 31.8. The van der Waals surface area contributed by atoms with Gasteiger partial charge >= 0.3 is 0 Å². The van der Waals surface area contributed by atoms with Crippen LogP contribution < -0.4 is 5.32 Å². The van der Waals surface area contributed by atoms with Crippen molar-refractivity contribution in [1.29, 1.82) is 0 Å². The minimum atomic E-state index is -1.45. The molecular weight excluding hydrogens is 560 g/mol. The number of aliphatic hydroxyl groups excluding tert-OH is 6. The highest BCUT2D eigenvalue weighted by atomic mass is 16.7. The average Bonchev–Trinajstić information content (AvgIpc) is 3.05. The summed E-state index contributed by atoms with van der Waals surface area (Å²) in [6.45, 7) is 1.22. The summed E-state index contributed by atoms with van der Waals surface area (Å²) in [5.74, 6) is 0. The third kappa shape index (κ3) is 8.17. The molecule has 3 fully saturated rings. The Bertz CT molecular complexity index is 1020. The van der Waals surface area contributed by atoms with Gasteiger partial charge in [0.05, 0.1) is 25.4 Å². The number of ether oxygens (including phenoxy) is 4. The zero-order chi connectivity index (χ0) is 30.3. The number of nitrogens with zero attached hydrogens (tertiary/aromatic N) is 1. The molecule has 10 atom stereocenters. The van der Waals surface area contributed by atoms with E-state index in [0.717, 1.165) is 37.1 Å². The van der Waals surface area contributed by atoms with E-state index in [1.54, 1.807) is 0 Å². The van der Waals surface area contributed by atoms with Crippen molar-refractivity contribution >= 4 is 0 Å². The summed E-state index contributed by atoms with van der Waals surface area (Å²) >= 11 is 0. The van der Waals surface area contributed by atoms with Gasteiger partial charge in [-0.1, -0.05) is 60.7 Å². The molecule has 0 aromatic heterocycles. The zero-order valence-corrected chi connectivity index (χ0v) is 24.0. The Labute approximate surface area is 251 Å². The van der Waals surface area contributed by atoms with E-state index in [2.05, 4.69) is 5.32 Å². The van der Waals surface area contributed by atoms with Gasteiger partial charge in [-0.3, -0.25) is 4.90 Å². The van der Waals surface area contributed by atoms with Crippen molar-refractivity contribution in [3.63, 3.8) is 0 Å². The first kappa shape index (κ1) is 32.4. The van der Waals surface area contributed by atoms with E-state index in [9.17, 15) is 30.6 Å². The number of nitrogens with one attached hydrogen (secondary N) is 1. The van der Waals surface area contributed by atoms with Gasteiger partial charge in [0.25, 0.3) is 0 Å². The number of rotatable bonds is 11. The van der Waals surface area contributed by atoms with Crippen LogP contribution in [0.5, 0.6) is 0 Å². The Hall–Kier alpha value is -2.04. The summed E-state index contributed by atoms with van der Waals surface area (Å²) in [7, 11) is 0. The second-order valence-electron chi connectivity index (χ2n) is 11.5. The van der Waals surface area contributed by atoms with Gasteiger partial charge in [-0.15, -0.1) is 0 Å². The van der Waals surface area contributed by atoms with Crippen LogP contribution in [0.25, 0.3) is 0 Å². The Morgan fingerprint density at radius 1 is 0.674 bits per heavy atom. The van der Waals surface area contributed by atoms with Crippen molar-refractivity contribution in [2.45, 2.75) is 80.3 Å². The highest BCUT2D eigenvalue weighted by Gasteiger charge is 2.43.